The highest BCUT2D eigenvalue weighted by Gasteiger charge is 2.26. The van der Waals surface area contributed by atoms with Gasteiger partial charge in [-0.1, -0.05) is 32.0 Å². The van der Waals surface area contributed by atoms with Crippen molar-refractivity contribution in [1.29, 1.82) is 5.41 Å². The summed E-state index contributed by atoms with van der Waals surface area (Å²) < 4.78 is 31.0. The average molecular weight is 605 g/mol. The van der Waals surface area contributed by atoms with Crippen LogP contribution >= 0.6 is 0 Å². The average Bonchev–Trinajstić information content (AvgIpc) is 3.30. The zero-order valence-corrected chi connectivity index (χ0v) is 25.2. The summed E-state index contributed by atoms with van der Waals surface area (Å²) in [5.74, 6) is -0.770. The van der Waals surface area contributed by atoms with Gasteiger partial charge in [-0.05, 0) is 72.4 Å². The standard InChI is InChI=1S/C31H36N6O5S/c1-18(2)30-34-28-26(31(39)40)14-25(35-43(41,42)17-20-8-10-36(11-9-20)19(3)32)15-27(28)37(30)16-21-4-5-22-6-7-23(29(33)38)13-24(22)12-21/h4-7,12-15,18,20,32,35H,8-11,16-17H2,1-3H3,(H2,33,38)(H,39,40). The first-order valence-electron chi connectivity index (χ1n) is 14.2. The van der Waals surface area contributed by atoms with E-state index in [4.69, 9.17) is 16.1 Å². The first-order valence-corrected chi connectivity index (χ1v) is 15.9. The lowest BCUT2D eigenvalue weighted by molar-refractivity contribution is 0.0698. The van der Waals surface area contributed by atoms with Crippen LogP contribution in [0.15, 0.2) is 48.5 Å². The third kappa shape index (κ3) is 6.48. The lowest BCUT2D eigenvalue weighted by atomic mass is 9.99. The Balaban J connectivity index is 1.50. The van der Waals surface area contributed by atoms with Gasteiger partial charge >= 0.3 is 5.97 Å². The summed E-state index contributed by atoms with van der Waals surface area (Å²) in [5, 5.41) is 19.7. The Bertz CT molecular complexity index is 1860. The van der Waals surface area contributed by atoms with Gasteiger partial charge in [0.25, 0.3) is 0 Å². The molecule has 0 atom stereocenters. The summed E-state index contributed by atoms with van der Waals surface area (Å²) in [6.45, 7) is 7.28. The van der Waals surface area contributed by atoms with Crippen molar-refractivity contribution in [3.8, 4) is 0 Å². The lowest BCUT2D eigenvalue weighted by Crippen LogP contribution is -2.39. The normalized spacial score (nSPS) is 14.5. The summed E-state index contributed by atoms with van der Waals surface area (Å²) in [4.78, 5) is 30.7. The van der Waals surface area contributed by atoms with Gasteiger partial charge in [0, 0.05) is 31.1 Å². The SMILES string of the molecule is CC(=N)N1CCC(CS(=O)(=O)Nc2cc(C(=O)O)c3nc(C(C)C)n(Cc4ccc5ccc(C(N)=O)cc5c4)c3c2)CC1. The van der Waals surface area contributed by atoms with Crippen LogP contribution in [0.1, 0.15) is 71.6 Å². The van der Waals surface area contributed by atoms with Crippen LogP contribution in [0, 0.1) is 11.3 Å². The van der Waals surface area contributed by atoms with Crippen molar-refractivity contribution in [2.24, 2.45) is 11.7 Å². The van der Waals surface area contributed by atoms with Crippen molar-refractivity contribution < 1.29 is 23.1 Å². The molecule has 1 fully saturated rings. The molecule has 1 saturated heterocycles. The predicted molar refractivity (Wildman–Crippen MR) is 167 cm³/mol. The summed E-state index contributed by atoms with van der Waals surface area (Å²) in [6, 6.07) is 14.1. The second-order valence-electron chi connectivity index (χ2n) is 11.6. The van der Waals surface area contributed by atoms with E-state index in [1.165, 1.54) is 6.07 Å². The molecule has 43 heavy (non-hydrogen) atoms. The molecule has 3 aromatic carbocycles. The van der Waals surface area contributed by atoms with Gasteiger partial charge in [-0.15, -0.1) is 0 Å². The molecule has 2 heterocycles. The molecule has 1 aliphatic rings. The van der Waals surface area contributed by atoms with E-state index >= 15 is 0 Å². The number of sulfonamides is 1. The number of hydrogen-bond acceptors (Lipinski definition) is 6. The minimum absolute atomic E-state index is 0.0495. The van der Waals surface area contributed by atoms with Gasteiger partial charge in [-0.2, -0.15) is 0 Å². The van der Waals surface area contributed by atoms with Crippen molar-refractivity contribution in [2.75, 3.05) is 23.6 Å². The van der Waals surface area contributed by atoms with Crippen molar-refractivity contribution in [1.82, 2.24) is 14.5 Å². The lowest BCUT2D eigenvalue weighted by Gasteiger charge is -2.32. The predicted octanol–water partition coefficient (Wildman–Crippen LogP) is 4.61. The van der Waals surface area contributed by atoms with Gasteiger partial charge in [-0.25, -0.2) is 18.2 Å². The maximum atomic E-state index is 13.2. The number of benzene rings is 3. The molecule has 11 nitrogen and oxygen atoms in total. The molecule has 0 saturated carbocycles. The molecule has 0 unspecified atom stereocenters. The van der Waals surface area contributed by atoms with Crippen LogP contribution < -0.4 is 10.5 Å². The molecule has 4 aromatic rings. The Morgan fingerprint density at radius 1 is 1.09 bits per heavy atom. The van der Waals surface area contributed by atoms with Gasteiger partial charge in [0.2, 0.25) is 15.9 Å². The number of carboxylic acids is 1. The molecule has 1 aromatic heterocycles. The first kappa shape index (κ1) is 30.0. The summed E-state index contributed by atoms with van der Waals surface area (Å²) in [6.07, 6.45) is 1.32. The molecule has 5 rings (SSSR count). The van der Waals surface area contributed by atoms with E-state index in [1.807, 2.05) is 47.6 Å². The van der Waals surface area contributed by atoms with E-state index in [1.54, 1.807) is 25.1 Å². The smallest absolute Gasteiger partial charge is 0.338 e. The Hall–Kier alpha value is -4.45. The fourth-order valence-electron chi connectivity index (χ4n) is 5.77. The number of aromatic nitrogens is 2. The zero-order valence-electron chi connectivity index (χ0n) is 24.4. The number of carbonyl (C=O) groups excluding carboxylic acids is 1. The number of carboxylic acid groups (broad SMARTS) is 1. The number of piperidine rings is 1. The number of hydrogen-bond donors (Lipinski definition) is 4. The molecular weight excluding hydrogens is 568 g/mol. The maximum absolute atomic E-state index is 13.2. The molecule has 1 aliphatic heterocycles. The quantitative estimate of drug-likeness (QED) is 0.160. The highest BCUT2D eigenvalue weighted by Crippen LogP contribution is 2.31. The van der Waals surface area contributed by atoms with E-state index < -0.39 is 21.9 Å². The van der Waals surface area contributed by atoms with E-state index in [-0.39, 0.29) is 34.4 Å². The van der Waals surface area contributed by atoms with Crippen LogP contribution in [0.25, 0.3) is 21.8 Å². The Kier molecular flexibility index (Phi) is 8.15. The van der Waals surface area contributed by atoms with Gasteiger partial charge in [0.05, 0.1) is 28.4 Å². The molecule has 0 bridgehead atoms. The van der Waals surface area contributed by atoms with Gasteiger partial charge in [0.15, 0.2) is 0 Å². The number of anilines is 1. The van der Waals surface area contributed by atoms with Crippen molar-refractivity contribution in [3.63, 3.8) is 0 Å². The zero-order chi connectivity index (χ0) is 31.1. The number of fused-ring (bicyclic) bond motifs is 2. The Morgan fingerprint density at radius 3 is 2.42 bits per heavy atom. The summed E-state index contributed by atoms with van der Waals surface area (Å²) >= 11 is 0. The van der Waals surface area contributed by atoms with E-state index in [9.17, 15) is 23.1 Å². The summed E-state index contributed by atoms with van der Waals surface area (Å²) in [5.41, 5.74) is 7.63. The van der Waals surface area contributed by atoms with Crippen LogP contribution in [0.4, 0.5) is 5.69 Å². The third-order valence-corrected chi connectivity index (χ3v) is 9.43. The monoisotopic (exact) mass is 604 g/mol. The molecule has 12 heteroatoms. The first-order chi connectivity index (χ1) is 20.3. The number of aromatic carboxylic acids is 1. The van der Waals surface area contributed by atoms with Gasteiger partial charge in [-0.3, -0.25) is 14.9 Å². The molecule has 1 amide bonds. The number of amidine groups is 1. The van der Waals surface area contributed by atoms with Crippen LogP contribution in [0.5, 0.6) is 0 Å². The topological polar surface area (TPSA) is 171 Å². The largest absolute Gasteiger partial charge is 0.478 e. The van der Waals surface area contributed by atoms with Crippen LogP contribution in [-0.2, 0) is 16.6 Å². The minimum Gasteiger partial charge on any atom is -0.478 e. The number of imidazole rings is 1. The fourth-order valence-corrected chi connectivity index (χ4v) is 7.28. The number of rotatable bonds is 9. The van der Waals surface area contributed by atoms with E-state index in [0.717, 1.165) is 16.3 Å². The number of nitrogens with zero attached hydrogens (tertiary/aromatic N) is 3. The highest BCUT2D eigenvalue weighted by atomic mass is 32.2. The van der Waals surface area contributed by atoms with E-state index in [2.05, 4.69) is 4.72 Å². The summed E-state index contributed by atoms with van der Waals surface area (Å²) in [7, 11) is -3.78. The molecule has 0 aliphatic carbocycles. The minimum atomic E-state index is -3.78. The maximum Gasteiger partial charge on any atom is 0.338 e. The number of nitrogens with two attached hydrogens (primary N) is 1. The Labute approximate surface area is 250 Å². The molecular formula is C31H36N6O5S. The number of carbonyl (C=O) groups is 2. The van der Waals surface area contributed by atoms with Gasteiger partial charge < -0.3 is 20.3 Å². The number of likely N-dealkylation sites (tertiary alicyclic amines) is 1. The molecule has 0 spiro atoms. The molecule has 5 N–H and O–H groups in total. The molecule has 226 valence electrons. The second-order valence-corrected chi connectivity index (χ2v) is 13.3. The number of nitrogens with one attached hydrogen (secondary N) is 2. The van der Waals surface area contributed by atoms with E-state index in [0.29, 0.717) is 55.2 Å². The van der Waals surface area contributed by atoms with Crippen LogP contribution in [-0.4, -0.2) is 64.5 Å². The van der Waals surface area contributed by atoms with Gasteiger partial charge in [0.1, 0.15) is 11.3 Å². The number of amides is 1. The third-order valence-electron chi connectivity index (χ3n) is 7.98. The fraction of sp³-hybridized carbons (Fsp3) is 0.355. The highest BCUT2D eigenvalue weighted by molar-refractivity contribution is 7.92. The van der Waals surface area contributed by atoms with Crippen LogP contribution in [0.3, 0.4) is 0 Å². The second kappa shape index (κ2) is 11.7. The van der Waals surface area contributed by atoms with Crippen molar-refractivity contribution in [2.45, 2.75) is 46.1 Å². The van der Waals surface area contributed by atoms with Crippen molar-refractivity contribution in [3.05, 3.63) is 71.0 Å². The molecule has 0 radical (unpaired) electrons. The van der Waals surface area contributed by atoms with Crippen LogP contribution in [0.2, 0.25) is 0 Å². The van der Waals surface area contributed by atoms with Crippen molar-refractivity contribution >= 4 is 55.2 Å². The number of primary amides is 1. The Morgan fingerprint density at radius 2 is 1.79 bits per heavy atom.